The van der Waals surface area contributed by atoms with Crippen molar-refractivity contribution in [1.29, 1.82) is 0 Å². The van der Waals surface area contributed by atoms with Crippen molar-refractivity contribution in [3.8, 4) is 6.01 Å². The van der Waals surface area contributed by atoms with Gasteiger partial charge in [-0.15, -0.1) is 0 Å². The van der Waals surface area contributed by atoms with Crippen LogP contribution in [-0.4, -0.2) is 73.6 Å². The van der Waals surface area contributed by atoms with Gasteiger partial charge in [0.05, 0.1) is 12.2 Å². The van der Waals surface area contributed by atoms with Crippen LogP contribution in [0.25, 0.3) is 11.3 Å². The van der Waals surface area contributed by atoms with E-state index < -0.39 is 0 Å². The number of rotatable bonds is 3. The summed E-state index contributed by atoms with van der Waals surface area (Å²) >= 11 is 0. The summed E-state index contributed by atoms with van der Waals surface area (Å²) in [5, 5.41) is 10.3. The van der Waals surface area contributed by atoms with Gasteiger partial charge in [0.25, 0.3) is 11.9 Å². The largest absolute Gasteiger partial charge is 0.480 e. The Hall–Kier alpha value is -3.00. The quantitative estimate of drug-likeness (QED) is 0.756. The van der Waals surface area contributed by atoms with Gasteiger partial charge in [-0.2, -0.15) is 4.98 Å². The van der Waals surface area contributed by atoms with E-state index in [4.69, 9.17) is 0 Å². The van der Waals surface area contributed by atoms with Gasteiger partial charge in [0.1, 0.15) is 5.69 Å². The third-order valence-corrected chi connectivity index (χ3v) is 5.06. The second-order valence-corrected chi connectivity index (χ2v) is 6.87. The summed E-state index contributed by atoms with van der Waals surface area (Å²) in [6.07, 6.45) is 1.44. The number of likely N-dealkylation sites (N-methyl/N-ethyl adjacent to an activating group) is 1. The van der Waals surface area contributed by atoms with Gasteiger partial charge in [0, 0.05) is 26.2 Å². The van der Waals surface area contributed by atoms with Crippen LogP contribution in [-0.2, 0) is 0 Å². The molecule has 1 fully saturated rings. The predicted molar refractivity (Wildman–Crippen MR) is 101 cm³/mol. The Balaban J connectivity index is 1.70. The normalized spacial score (nSPS) is 16.6. The SMILES string of the molecule is C[C@@H](c1ccccc1)n1c(O)nc2ncc(C(=O)N3CCN(C)CC3)nc21. The summed E-state index contributed by atoms with van der Waals surface area (Å²) in [4.78, 5) is 29.7. The molecule has 0 spiro atoms. The smallest absolute Gasteiger partial charge is 0.298 e. The number of nitrogens with zero attached hydrogens (tertiary/aromatic N) is 6. The van der Waals surface area contributed by atoms with Crippen LogP contribution in [0.15, 0.2) is 36.5 Å². The summed E-state index contributed by atoms with van der Waals surface area (Å²) < 4.78 is 1.61. The van der Waals surface area contributed by atoms with Crippen LogP contribution in [0, 0.1) is 0 Å². The van der Waals surface area contributed by atoms with Crippen LogP contribution in [0.4, 0.5) is 0 Å². The number of fused-ring (bicyclic) bond motifs is 1. The first-order chi connectivity index (χ1) is 13.0. The average molecular weight is 366 g/mol. The molecule has 0 aliphatic carbocycles. The van der Waals surface area contributed by atoms with Crippen LogP contribution in [0.5, 0.6) is 6.01 Å². The molecule has 0 radical (unpaired) electrons. The summed E-state index contributed by atoms with van der Waals surface area (Å²) in [6, 6.07) is 9.41. The summed E-state index contributed by atoms with van der Waals surface area (Å²) in [5.74, 6) is -0.142. The average Bonchev–Trinajstić information content (AvgIpc) is 3.03. The first kappa shape index (κ1) is 17.4. The number of carbonyl (C=O) groups is 1. The first-order valence-electron chi connectivity index (χ1n) is 9.01. The van der Waals surface area contributed by atoms with Gasteiger partial charge in [0.2, 0.25) is 5.65 Å². The Morgan fingerprint density at radius 2 is 1.81 bits per heavy atom. The van der Waals surface area contributed by atoms with Gasteiger partial charge in [-0.1, -0.05) is 30.3 Å². The van der Waals surface area contributed by atoms with Crippen LogP contribution >= 0.6 is 0 Å². The fraction of sp³-hybridized carbons (Fsp3) is 0.368. The van der Waals surface area contributed by atoms with Gasteiger partial charge in [-0.05, 0) is 19.5 Å². The van der Waals surface area contributed by atoms with Gasteiger partial charge in [0.15, 0.2) is 5.65 Å². The van der Waals surface area contributed by atoms with Crippen molar-refractivity contribution in [2.45, 2.75) is 13.0 Å². The Morgan fingerprint density at radius 3 is 2.52 bits per heavy atom. The molecular formula is C19H22N6O2. The third-order valence-electron chi connectivity index (χ3n) is 5.06. The maximum absolute atomic E-state index is 12.8. The number of carbonyl (C=O) groups excluding carboxylic acids is 1. The Kier molecular flexibility index (Phi) is 4.49. The molecule has 0 unspecified atom stereocenters. The maximum atomic E-state index is 12.8. The first-order valence-corrected chi connectivity index (χ1v) is 9.01. The number of aromatic hydroxyl groups is 1. The van der Waals surface area contributed by atoms with E-state index in [1.54, 1.807) is 9.47 Å². The molecule has 1 N–H and O–H groups in total. The van der Waals surface area contributed by atoms with Crippen molar-refractivity contribution in [2.75, 3.05) is 33.2 Å². The fourth-order valence-corrected chi connectivity index (χ4v) is 3.37. The molecule has 8 nitrogen and oxygen atoms in total. The highest BCUT2D eigenvalue weighted by Crippen LogP contribution is 2.27. The minimum atomic E-state index is -0.195. The predicted octanol–water partition coefficient (Wildman–Crippen LogP) is 1.53. The molecule has 1 aliphatic rings. The van der Waals surface area contributed by atoms with Gasteiger partial charge < -0.3 is 14.9 Å². The number of hydrogen-bond acceptors (Lipinski definition) is 6. The second kappa shape index (κ2) is 6.96. The molecule has 1 amide bonds. The van der Waals surface area contributed by atoms with Crippen molar-refractivity contribution in [3.05, 3.63) is 47.8 Å². The number of benzene rings is 1. The molecule has 0 bridgehead atoms. The van der Waals surface area contributed by atoms with Crippen molar-refractivity contribution < 1.29 is 9.90 Å². The topological polar surface area (TPSA) is 87.4 Å². The zero-order valence-corrected chi connectivity index (χ0v) is 15.4. The second-order valence-electron chi connectivity index (χ2n) is 6.87. The standard InChI is InChI=1S/C19H22N6O2/c1-13(14-6-4-3-5-7-14)25-17-16(22-19(25)27)20-12-15(21-17)18(26)24-10-8-23(2)9-11-24/h3-7,12-13H,8-11H2,1-2H3,(H,20,22,27)/t13-/m0/s1. The minimum absolute atomic E-state index is 0.142. The lowest BCUT2D eigenvalue weighted by Gasteiger charge is -2.32. The van der Waals surface area contributed by atoms with Gasteiger partial charge in [-0.3, -0.25) is 9.36 Å². The van der Waals surface area contributed by atoms with Crippen molar-refractivity contribution in [3.63, 3.8) is 0 Å². The number of aromatic nitrogens is 4. The Morgan fingerprint density at radius 1 is 1.11 bits per heavy atom. The van der Waals surface area contributed by atoms with Crippen LogP contribution in [0.1, 0.15) is 29.0 Å². The molecule has 2 aromatic heterocycles. The summed E-state index contributed by atoms with van der Waals surface area (Å²) in [6.45, 7) is 4.96. The number of piperazine rings is 1. The van der Waals surface area contributed by atoms with E-state index in [1.165, 1.54) is 6.20 Å². The molecule has 3 aromatic rings. The van der Waals surface area contributed by atoms with E-state index in [9.17, 15) is 9.90 Å². The van der Waals surface area contributed by atoms with Crippen molar-refractivity contribution in [2.24, 2.45) is 0 Å². The van der Waals surface area contributed by atoms with E-state index in [0.29, 0.717) is 24.4 Å². The zero-order valence-electron chi connectivity index (χ0n) is 15.4. The molecule has 27 heavy (non-hydrogen) atoms. The lowest BCUT2D eigenvalue weighted by molar-refractivity contribution is 0.0658. The third kappa shape index (κ3) is 3.23. The van der Waals surface area contributed by atoms with Crippen LogP contribution < -0.4 is 0 Å². The van der Waals surface area contributed by atoms with Crippen LogP contribution in [0.2, 0.25) is 0 Å². The van der Waals surface area contributed by atoms with E-state index in [-0.39, 0.29) is 23.7 Å². The summed E-state index contributed by atoms with van der Waals surface area (Å²) in [5.41, 5.74) is 2.01. The number of imidazole rings is 1. The lowest BCUT2D eigenvalue weighted by atomic mass is 10.1. The van der Waals surface area contributed by atoms with E-state index in [2.05, 4.69) is 19.9 Å². The molecule has 1 aromatic carbocycles. The van der Waals surface area contributed by atoms with Crippen molar-refractivity contribution in [1.82, 2.24) is 29.3 Å². The molecule has 140 valence electrons. The lowest BCUT2D eigenvalue weighted by Crippen LogP contribution is -2.47. The minimum Gasteiger partial charge on any atom is -0.480 e. The molecule has 8 heteroatoms. The maximum Gasteiger partial charge on any atom is 0.298 e. The molecule has 1 atom stereocenters. The number of amides is 1. The molecule has 3 heterocycles. The molecule has 1 saturated heterocycles. The Bertz CT molecular complexity index is 963. The highest BCUT2D eigenvalue weighted by Gasteiger charge is 2.24. The molecule has 1 aliphatic heterocycles. The van der Waals surface area contributed by atoms with E-state index >= 15 is 0 Å². The van der Waals surface area contributed by atoms with E-state index in [0.717, 1.165) is 18.7 Å². The molecule has 4 rings (SSSR count). The van der Waals surface area contributed by atoms with Gasteiger partial charge in [-0.25, -0.2) is 9.97 Å². The van der Waals surface area contributed by atoms with Crippen LogP contribution in [0.3, 0.4) is 0 Å². The van der Waals surface area contributed by atoms with Crippen molar-refractivity contribution >= 4 is 17.2 Å². The van der Waals surface area contributed by atoms with E-state index in [1.807, 2.05) is 44.3 Å². The fourth-order valence-electron chi connectivity index (χ4n) is 3.37. The zero-order chi connectivity index (χ0) is 19.0. The highest BCUT2D eigenvalue weighted by atomic mass is 16.3. The van der Waals surface area contributed by atoms with Gasteiger partial charge >= 0.3 is 0 Å². The molecular weight excluding hydrogens is 344 g/mol. The number of hydrogen-bond donors (Lipinski definition) is 1. The molecule has 0 saturated carbocycles. The highest BCUT2D eigenvalue weighted by molar-refractivity contribution is 5.93. The summed E-state index contributed by atoms with van der Waals surface area (Å²) in [7, 11) is 2.04. The Labute approximate surface area is 157 Å². The monoisotopic (exact) mass is 366 g/mol.